The maximum atomic E-state index is 5.98. The molecule has 0 aliphatic carbocycles. The molecule has 0 radical (unpaired) electrons. The summed E-state index contributed by atoms with van der Waals surface area (Å²) in [5.41, 5.74) is 7.80. The van der Waals surface area contributed by atoms with Crippen LogP contribution in [0.5, 0.6) is 17.4 Å². The van der Waals surface area contributed by atoms with Gasteiger partial charge in [0.2, 0.25) is 5.88 Å². The first-order valence-electron chi connectivity index (χ1n) is 6.70. The van der Waals surface area contributed by atoms with Crippen LogP contribution in [-0.4, -0.2) is 23.0 Å². The number of nitrogens with zero attached hydrogens (tertiary/aromatic N) is 2. The third kappa shape index (κ3) is 2.59. The third-order valence-corrected chi connectivity index (χ3v) is 3.99. The van der Waals surface area contributed by atoms with E-state index in [0.29, 0.717) is 30.3 Å². The molecule has 0 spiro atoms. The lowest BCUT2D eigenvalue weighted by atomic mass is 10.2. The monoisotopic (exact) mass is 303 g/mol. The summed E-state index contributed by atoms with van der Waals surface area (Å²) in [6.45, 7) is 2.56. The van der Waals surface area contributed by atoms with Gasteiger partial charge in [-0.1, -0.05) is 6.07 Å². The SMILES string of the molecule is COc1cc(C)ccc1Oc1nc2sccn2c1CCN. The summed E-state index contributed by atoms with van der Waals surface area (Å²) >= 11 is 1.57. The summed E-state index contributed by atoms with van der Waals surface area (Å²) in [5.74, 6) is 1.95. The normalized spacial score (nSPS) is 11.0. The minimum absolute atomic E-state index is 0.547. The molecule has 0 aliphatic rings. The molecular weight excluding hydrogens is 286 g/mol. The van der Waals surface area contributed by atoms with Crippen molar-refractivity contribution in [2.45, 2.75) is 13.3 Å². The van der Waals surface area contributed by atoms with Crippen molar-refractivity contribution in [2.75, 3.05) is 13.7 Å². The van der Waals surface area contributed by atoms with Gasteiger partial charge >= 0.3 is 0 Å². The fraction of sp³-hybridized carbons (Fsp3) is 0.267. The Hall–Kier alpha value is -2.05. The van der Waals surface area contributed by atoms with Gasteiger partial charge in [-0.2, -0.15) is 4.98 Å². The molecule has 1 aromatic carbocycles. The van der Waals surface area contributed by atoms with Gasteiger partial charge in [0.25, 0.3) is 0 Å². The molecule has 21 heavy (non-hydrogen) atoms. The zero-order chi connectivity index (χ0) is 14.8. The van der Waals surface area contributed by atoms with Crippen LogP contribution in [0.3, 0.4) is 0 Å². The van der Waals surface area contributed by atoms with Crippen LogP contribution in [0.4, 0.5) is 0 Å². The van der Waals surface area contributed by atoms with Crippen molar-refractivity contribution in [1.82, 2.24) is 9.38 Å². The second-order valence-electron chi connectivity index (χ2n) is 4.71. The van der Waals surface area contributed by atoms with E-state index in [4.69, 9.17) is 15.2 Å². The number of benzene rings is 1. The molecule has 0 amide bonds. The van der Waals surface area contributed by atoms with E-state index in [1.807, 2.05) is 41.1 Å². The van der Waals surface area contributed by atoms with Gasteiger partial charge in [-0.05, 0) is 31.2 Å². The fourth-order valence-electron chi connectivity index (χ4n) is 2.22. The zero-order valence-corrected chi connectivity index (χ0v) is 12.8. The summed E-state index contributed by atoms with van der Waals surface area (Å²) in [6, 6.07) is 5.82. The smallest absolute Gasteiger partial charge is 0.242 e. The quantitative estimate of drug-likeness (QED) is 0.787. The Morgan fingerprint density at radius 3 is 2.95 bits per heavy atom. The van der Waals surface area contributed by atoms with Crippen LogP contribution in [-0.2, 0) is 6.42 Å². The largest absolute Gasteiger partial charge is 0.493 e. The van der Waals surface area contributed by atoms with Crippen LogP contribution in [0, 0.1) is 6.92 Å². The standard InChI is InChI=1S/C15H17N3O2S/c1-10-3-4-12(13(9-10)19-2)20-14-11(5-6-16)18-7-8-21-15(18)17-14/h3-4,7-9H,5-6,16H2,1-2H3. The highest BCUT2D eigenvalue weighted by molar-refractivity contribution is 7.15. The third-order valence-electron chi connectivity index (χ3n) is 3.23. The lowest BCUT2D eigenvalue weighted by Crippen LogP contribution is -2.06. The van der Waals surface area contributed by atoms with Gasteiger partial charge in [0.05, 0.1) is 12.8 Å². The second-order valence-corrected chi connectivity index (χ2v) is 5.59. The minimum atomic E-state index is 0.547. The van der Waals surface area contributed by atoms with Crippen LogP contribution in [0.2, 0.25) is 0 Å². The van der Waals surface area contributed by atoms with E-state index in [9.17, 15) is 0 Å². The van der Waals surface area contributed by atoms with Crippen LogP contribution in [0.15, 0.2) is 29.8 Å². The van der Waals surface area contributed by atoms with Gasteiger partial charge in [0.15, 0.2) is 16.5 Å². The Morgan fingerprint density at radius 1 is 1.33 bits per heavy atom. The van der Waals surface area contributed by atoms with E-state index in [2.05, 4.69) is 4.98 Å². The van der Waals surface area contributed by atoms with Gasteiger partial charge in [-0.3, -0.25) is 4.40 Å². The van der Waals surface area contributed by atoms with E-state index >= 15 is 0 Å². The number of hydrogen-bond acceptors (Lipinski definition) is 5. The topological polar surface area (TPSA) is 61.8 Å². The Bertz CT molecular complexity index is 763. The molecule has 0 saturated heterocycles. The number of thiazole rings is 1. The molecular formula is C15H17N3O2S. The minimum Gasteiger partial charge on any atom is -0.493 e. The first-order chi connectivity index (χ1) is 10.2. The Kier molecular flexibility index (Phi) is 3.81. The van der Waals surface area contributed by atoms with E-state index in [1.165, 1.54) is 0 Å². The number of aryl methyl sites for hydroxylation is 1. The Morgan fingerprint density at radius 2 is 2.19 bits per heavy atom. The van der Waals surface area contributed by atoms with Crippen molar-refractivity contribution in [3.05, 3.63) is 41.0 Å². The summed E-state index contributed by atoms with van der Waals surface area (Å²) in [4.78, 5) is 5.43. The van der Waals surface area contributed by atoms with Crippen molar-refractivity contribution in [2.24, 2.45) is 5.73 Å². The first kappa shape index (κ1) is 13.9. The van der Waals surface area contributed by atoms with E-state index in [-0.39, 0.29) is 0 Å². The molecule has 2 N–H and O–H groups in total. The van der Waals surface area contributed by atoms with Crippen molar-refractivity contribution < 1.29 is 9.47 Å². The number of rotatable bonds is 5. The Balaban J connectivity index is 2.01. The number of nitrogens with two attached hydrogens (primary N) is 1. The summed E-state index contributed by atoms with van der Waals surface area (Å²) in [5, 5.41) is 2.00. The molecule has 5 nitrogen and oxygen atoms in total. The summed E-state index contributed by atoms with van der Waals surface area (Å²) in [6.07, 6.45) is 2.69. The maximum absolute atomic E-state index is 5.98. The molecule has 0 saturated carbocycles. The molecule has 0 bridgehead atoms. The zero-order valence-electron chi connectivity index (χ0n) is 12.0. The average Bonchev–Trinajstić information content (AvgIpc) is 3.04. The number of fused-ring (bicyclic) bond motifs is 1. The first-order valence-corrected chi connectivity index (χ1v) is 7.58. The lowest BCUT2D eigenvalue weighted by molar-refractivity contribution is 0.373. The average molecular weight is 303 g/mol. The fourth-order valence-corrected chi connectivity index (χ4v) is 2.95. The van der Waals surface area contributed by atoms with E-state index < -0.39 is 0 Å². The molecule has 3 rings (SSSR count). The maximum Gasteiger partial charge on any atom is 0.242 e. The predicted molar refractivity (Wildman–Crippen MR) is 83.6 cm³/mol. The van der Waals surface area contributed by atoms with Gasteiger partial charge in [-0.25, -0.2) is 0 Å². The van der Waals surface area contributed by atoms with Gasteiger partial charge in [0.1, 0.15) is 0 Å². The Labute approximate surface area is 126 Å². The van der Waals surface area contributed by atoms with Crippen LogP contribution in [0.25, 0.3) is 4.96 Å². The van der Waals surface area contributed by atoms with Crippen molar-refractivity contribution in [1.29, 1.82) is 0 Å². The van der Waals surface area contributed by atoms with Crippen LogP contribution >= 0.6 is 11.3 Å². The molecule has 0 fully saturated rings. The van der Waals surface area contributed by atoms with Gasteiger partial charge in [-0.15, -0.1) is 11.3 Å². The molecule has 2 heterocycles. The molecule has 110 valence electrons. The highest BCUT2D eigenvalue weighted by Gasteiger charge is 2.16. The molecule has 2 aromatic heterocycles. The molecule has 6 heteroatoms. The molecule has 0 unspecified atom stereocenters. The highest BCUT2D eigenvalue weighted by Crippen LogP contribution is 2.34. The van der Waals surface area contributed by atoms with Crippen molar-refractivity contribution in [3.63, 3.8) is 0 Å². The number of hydrogen-bond donors (Lipinski definition) is 1. The van der Waals surface area contributed by atoms with Crippen LogP contribution < -0.4 is 15.2 Å². The molecule has 0 atom stereocenters. The van der Waals surface area contributed by atoms with Crippen LogP contribution in [0.1, 0.15) is 11.3 Å². The lowest BCUT2D eigenvalue weighted by Gasteiger charge is -2.10. The van der Waals surface area contributed by atoms with E-state index in [0.717, 1.165) is 16.2 Å². The molecule has 0 aliphatic heterocycles. The number of ether oxygens (including phenoxy) is 2. The van der Waals surface area contributed by atoms with Crippen molar-refractivity contribution in [3.8, 4) is 17.4 Å². The highest BCUT2D eigenvalue weighted by atomic mass is 32.1. The van der Waals surface area contributed by atoms with E-state index in [1.54, 1.807) is 18.4 Å². The van der Waals surface area contributed by atoms with Gasteiger partial charge in [0, 0.05) is 18.0 Å². The summed E-state index contributed by atoms with van der Waals surface area (Å²) < 4.78 is 13.4. The second kappa shape index (κ2) is 5.75. The number of methoxy groups -OCH3 is 1. The summed E-state index contributed by atoms with van der Waals surface area (Å²) in [7, 11) is 1.63. The van der Waals surface area contributed by atoms with Crippen molar-refractivity contribution >= 4 is 16.3 Å². The number of aromatic nitrogens is 2. The predicted octanol–water partition coefficient (Wildman–Crippen LogP) is 3.01. The molecule has 3 aromatic rings. The van der Waals surface area contributed by atoms with Gasteiger partial charge < -0.3 is 15.2 Å². The number of imidazole rings is 1.